The molecule has 0 bridgehead atoms. The standard InChI is InChI=1S/C20H33NO2/c1(3-5-7-12-19-13-11-15-21-18-19)2-4-6-9-16-22-20-14-8-10-17-23-20/h11,13,15,18,20H,1-10,12,14,16-17H2. The van der Waals surface area contributed by atoms with Crippen molar-refractivity contribution in [3.63, 3.8) is 0 Å². The molecule has 23 heavy (non-hydrogen) atoms. The summed E-state index contributed by atoms with van der Waals surface area (Å²) < 4.78 is 11.3. The van der Waals surface area contributed by atoms with Crippen molar-refractivity contribution < 1.29 is 9.47 Å². The van der Waals surface area contributed by atoms with Gasteiger partial charge in [-0.2, -0.15) is 0 Å². The third kappa shape index (κ3) is 9.07. The van der Waals surface area contributed by atoms with Crippen LogP contribution in [0.2, 0.25) is 0 Å². The molecule has 0 spiro atoms. The van der Waals surface area contributed by atoms with E-state index < -0.39 is 0 Å². The van der Waals surface area contributed by atoms with Gasteiger partial charge in [0.15, 0.2) is 6.29 Å². The zero-order valence-electron chi connectivity index (χ0n) is 14.5. The Labute approximate surface area is 141 Å². The number of unbranched alkanes of at least 4 members (excludes halogenated alkanes) is 7. The molecule has 3 heteroatoms. The molecule has 1 unspecified atom stereocenters. The molecule has 2 heterocycles. The van der Waals surface area contributed by atoms with Gasteiger partial charge in [-0.25, -0.2) is 0 Å². The first-order valence-electron chi connectivity index (χ1n) is 9.57. The third-order valence-corrected chi connectivity index (χ3v) is 4.52. The highest BCUT2D eigenvalue weighted by Crippen LogP contribution is 2.15. The van der Waals surface area contributed by atoms with E-state index in [9.17, 15) is 0 Å². The molecule has 1 atom stereocenters. The average molecular weight is 319 g/mol. The summed E-state index contributed by atoms with van der Waals surface area (Å²) in [5, 5.41) is 0. The normalized spacial score (nSPS) is 18.2. The Balaban J connectivity index is 1.30. The zero-order chi connectivity index (χ0) is 16.0. The van der Waals surface area contributed by atoms with Crippen molar-refractivity contribution in [1.29, 1.82) is 0 Å². The minimum atomic E-state index is 0.0866. The van der Waals surface area contributed by atoms with Gasteiger partial charge in [-0.3, -0.25) is 4.98 Å². The predicted octanol–water partition coefficient (Wildman–Crippen LogP) is 5.29. The first-order chi connectivity index (χ1) is 11.4. The fourth-order valence-corrected chi connectivity index (χ4v) is 3.10. The summed E-state index contributed by atoms with van der Waals surface area (Å²) in [6.45, 7) is 1.75. The smallest absolute Gasteiger partial charge is 0.157 e. The highest BCUT2D eigenvalue weighted by atomic mass is 16.7. The van der Waals surface area contributed by atoms with Crippen LogP contribution in [-0.4, -0.2) is 24.5 Å². The molecular formula is C20H33NO2. The largest absolute Gasteiger partial charge is 0.353 e. The Morgan fingerprint density at radius 1 is 1.00 bits per heavy atom. The van der Waals surface area contributed by atoms with Gasteiger partial charge >= 0.3 is 0 Å². The van der Waals surface area contributed by atoms with Gasteiger partial charge in [-0.15, -0.1) is 0 Å². The van der Waals surface area contributed by atoms with Crippen LogP contribution in [0.15, 0.2) is 24.5 Å². The minimum absolute atomic E-state index is 0.0866. The van der Waals surface area contributed by atoms with Gasteiger partial charge < -0.3 is 9.47 Å². The van der Waals surface area contributed by atoms with Crippen LogP contribution < -0.4 is 0 Å². The lowest BCUT2D eigenvalue weighted by atomic mass is 10.1. The molecule has 0 aromatic carbocycles. The van der Waals surface area contributed by atoms with Gasteiger partial charge in [0.25, 0.3) is 0 Å². The van der Waals surface area contributed by atoms with Gasteiger partial charge in [0, 0.05) is 25.6 Å². The summed E-state index contributed by atoms with van der Waals surface area (Å²) in [4.78, 5) is 4.16. The van der Waals surface area contributed by atoms with Crippen LogP contribution in [0, 0.1) is 0 Å². The SMILES string of the molecule is c1cncc(CCCCCCCCCCOC2CCCCO2)c1. The maximum Gasteiger partial charge on any atom is 0.157 e. The van der Waals surface area contributed by atoms with Crippen molar-refractivity contribution in [2.45, 2.75) is 83.3 Å². The summed E-state index contributed by atoms with van der Waals surface area (Å²) >= 11 is 0. The quantitative estimate of drug-likeness (QED) is 0.491. The van der Waals surface area contributed by atoms with E-state index >= 15 is 0 Å². The van der Waals surface area contributed by atoms with Crippen LogP contribution in [0.5, 0.6) is 0 Å². The molecule has 130 valence electrons. The number of pyridine rings is 1. The van der Waals surface area contributed by atoms with Gasteiger partial charge in [0.1, 0.15) is 0 Å². The lowest BCUT2D eigenvalue weighted by Gasteiger charge is -2.22. The van der Waals surface area contributed by atoms with E-state index in [2.05, 4.69) is 11.1 Å². The fourth-order valence-electron chi connectivity index (χ4n) is 3.10. The Morgan fingerprint density at radius 2 is 1.78 bits per heavy atom. The number of hydrogen-bond acceptors (Lipinski definition) is 3. The van der Waals surface area contributed by atoms with Gasteiger partial charge in [-0.05, 0) is 50.2 Å². The van der Waals surface area contributed by atoms with Crippen molar-refractivity contribution >= 4 is 0 Å². The second-order valence-electron chi connectivity index (χ2n) is 6.61. The number of nitrogens with zero attached hydrogens (tertiary/aromatic N) is 1. The molecule has 0 amide bonds. The molecule has 3 nitrogen and oxygen atoms in total. The topological polar surface area (TPSA) is 31.4 Å². The predicted molar refractivity (Wildman–Crippen MR) is 94.4 cm³/mol. The van der Waals surface area contributed by atoms with E-state index in [1.165, 1.54) is 76.2 Å². The van der Waals surface area contributed by atoms with Crippen LogP contribution in [0.3, 0.4) is 0 Å². The molecule has 1 aliphatic rings. The zero-order valence-corrected chi connectivity index (χ0v) is 14.5. The molecule has 0 saturated carbocycles. The second-order valence-corrected chi connectivity index (χ2v) is 6.61. The Kier molecular flexibility index (Phi) is 10.00. The number of hydrogen-bond donors (Lipinski definition) is 0. The van der Waals surface area contributed by atoms with E-state index in [4.69, 9.17) is 9.47 Å². The molecule has 0 aliphatic carbocycles. The first kappa shape index (κ1) is 18.4. The van der Waals surface area contributed by atoms with Crippen LogP contribution in [-0.2, 0) is 15.9 Å². The molecule has 1 aromatic rings. The molecule has 1 saturated heterocycles. The lowest BCUT2D eigenvalue weighted by Crippen LogP contribution is -2.22. The number of ether oxygens (including phenoxy) is 2. The van der Waals surface area contributed by atoms with Crippen LogP contribution in [0.1, 0.15) is 76.2 Å². The summed E-state index contributed by atoms with van der Waals surface area (Å²) in [5.41, 5.74) is 1.37. The lowest BCUT2D eigenvalue weighted by molar-refractivity contribution is -0.162. The highest BCUT2D eigenvalue weighted by Gasteiger charge is 2.13. The van der Waals surface area contributed by atoms with Crippen molar-refractivity contribution in [2.24, 2.45) is 0 Å². The maximum atomic E-state index is 5.76. The van der Waals surface area contributed by atoms with Crippen LogP contribution in [0.4, 0.5) is 0 Å². The molecule has 1 fully saturated rings. The maximum absolute atomic E-state index is 5.76. The monoisotopic (exact) mass is 319 g/mol. The van der Waals surface area contributed by atoms with Crippen LogP contribution in [0.25, 0.3) is 0 Å². The van der Waals surface area contributed by atoms with Gasteiger partial charge in [0.2, 0.25) is 0 Å². The van der Waals surface area contributed by atoms with Crippen molar-refractivity contribution in [1.82, 2.24) is 4.98 Å². The fraction of sp³-hybridized carbons (Fsp3) is 0.750. The second kappa shape index (κ2) is 12.5. The van der Waals surface area contributed by atoms with E-state index in [1.807, 2.05) is 18.5 Å². The van der Waals surface area contributed by atoms with Crippen LogP contribution >= 0.6 is 0 Å². The summed E-state index contributed by atoms with van der Waals surface area (Å²) in [6.07, 6.45) is 19.2. The Bertz CT molecular complexity index is 376. The summed E-state index contributed by atoms with van der Waals surface area (Å²) in [5.74, 6) is 0. The minimum Gasteiger partial charge on any atom is -0.353 e. The van der Waals surface area contributed by atoms with E-state index in [1.54, 1.807) is 0 Å². The highest BCUT2D eigenvalue weighted by molar-refractivity contribution is 5.08. The van der Waals surface area contributed by atoms with Gasteiger partial charge in [-0.1, -0.05) is 44.6 Å². The van der Waals surface area contributed by atoms with E-state index in [0.717, 1.165) is 19.6 Å². The van der Waals surface area contributed by atoms with Crippen molar-refractivity contribution in [2.75, 3.05) is 13.2 Å². The summed E-state index contributed by atoms with van der Waals surface area (Å²) in [6, 6.07) is 4.20. The molecular weight excluding hydrogens is 286 g/mol. The van der Waals surface area contributed by atoms with Crippen molar-refractivity contribution in [3.05, 3.63) is 30.1 Å². The molecule has 0 N–H and O–H groups in total. The summed E-state index contributed by atoms with van der Waals surface area (Å²) in [7, 11) is 0. The number of rotatable bonds is 12. The van der Waals surface area contributed by atoms with Crippen molar-refractivity contribution in [3.8, 4) is 0 Å². The van der Waals surface area contributed by atoms with Gasteiger partial charge in [0.05, 0.1) is 0 Å². The Morgan fingerprint density at radius 3 is 2.48 bits per heavy atom. The average Bonchev–Trinajstić information content (AvgIpc) is 2.61. The van der Waals surface area contributed by atoms with E-state index in [0.29, 0.717) is 0 Å². The first-order valence-corrected chi connectivity index (χ1v) is 9.57. The number of aryl methyl sites for hydroxylation is 1. The molecule has 1 aromatic heterocycles. The Hall–Kier alpha value is -0.930. The van der Waals surface area contributed by atoms with E-state index in [-0.39, 0.29) is 6.29 Å². The molecule has 0 radical (unpaired) electrons. The molecule has 2 rings (SSSR count). The molecule has 1 aliphatic heterocycles. The number of aromatic nitrogens is 1. The third-order valence-electron chi connectivity index (χ3n) is 4.52.